The molecule has 4 nitrogen and oxygen atoms in total. The summed E-state index contributed by atoms with van der Waals surface area (Å²) in [6.45, 7) is 6.72. The summed E-state index contributed by atoms with van der Waals surface area (Å²) in [5.74, 6) is 1.62. The Morgan fingerprint density at radius 3 is 2.96 bits per heavy atom. The Bertz CT molecular complexity index is 1090. The molecule has 0 spiro atoms. The van der Waals surface area contributed by atoms with E-state index < -0.39 is 0 Å². The van der Waals surface area contributed by atoms with Crippen molar-refractivity contribution in [2.45, 2.75) is 45.6 Å². The van der Waals surface area contributed by atoms with Gasteiger partial charge in [-0.1, -0.05) is 25.1 Å². The van der Waals surface area contributed by atoms with Crippen LogP contribution in [0.4, 0.5) is 0 Å². The summed E-state index contributed by atoms with van der Waals surface area (Å²) in [5, 5.41) is 1.40. The van der Waals surface area contributed by atoms with Crippen LogP contribution in [0.15, 0.2) is 41.0 Å². The minimum absolute atomic E-state index is 0.176. The Kier molecular flexibility index (Phi) is 3.11. The van der Waals surface area contributed by atoms with E-state index in [4.69, 9.17) is 4.42 Å². The van der Waals surface area contributed by atoms with Crippen LogP contribution in [0.25, 0.3) is 16.6 Å². The topological polar surface area (TPSA) is 34.2 Å². The highest BCUT2D eigenvalue weighted by molar-refractivity contribution is 5.91. The van der Waals surface area contributed by atoms with Gasteiger partial charge in [-0.25, -0.2) is 4.98 Å². The number of nitrogens with zero attached hydrogens (tertiary/aromatic N) is 3. The third kappa shape index (κ3) is 1.94. The normalized spacial score (nSPS) is 26.9. The molecule has 1 aromatic carbocycles. The maximum Gasteiger partial charge on any atom is 0.243 e. The van der Waals surface area contributed by atoms with Crippen molar-refractivity contribution in [2.24, 2.45) is 5.41 Å². The van der Waals surface area contributed by atoms with E-state index in [0.717, 1.165) is 30.2 Å². The van der Waals surface area contributed by atoms with Gasteiger partial charge in [-0.2, -0.15) is 0 Å². The van der Waals surface area contributed by atoms with Gasteiger partial charge in [-0.05, 0) is 56.9 Å². The largest absolute Gasteiger partial charge is 0.440 e. The number of aromatic nitrogens is 2. The molecule has 0 radical (unpaired) electrons. The minimum Gasteiger partial charge on any atom is -0.440 e. The molecular formula is C23H25N3O. The molecule has 0 unspecified atom stereocenters. The Balaban J connectivity index is 1.73. The van der Waals surface area contributed by atoms with E-state index in [1.54, 1.807) is 5.56 Å². The average molecular weight is 359 g/mol. The Hall–Kier alpha value is -2.33. The van der Waals surface area contributed by atoms with Crippen molar-refractivity contribution in [3.63, 3.8) is 0 Å². The molecule has 4 heteroatoms. The second-order valence-corrected chi connectivity index (χ2v) is 8.40. The summed E-state index contributed by atoms with van der Waals surface area (Å²) in [4.78, 5) is 7.36. The molecule has 6 rings (SSSR count). The van der Waals surface area contributed by atoms with Gasteiger partial charge >= 0.3 is 0 Å². The second kappa shape index (κ2) is 5.35. The first-order valence-electron chi connectivity index (χ1n) is 10.2. The summed E-state index contributed by atoms with van der Waals surface area (Å²) in [6, 6.07) is 9.34. The zero-order chi connectivity index (χ0) is 18.2. The third-order valence-electron chi connectivity index (χ3n) is 7.09. The fraction of sp³-hybridized carbons (Fsp3) is 0.435. The lowest BCUT2D eigenvalue weighted by molar-refractivity contribution is 0.0269. The van der Waals surface area contributed by atoms with E-state index >= 15 is 0 Å². The van der Waals surface area contributed by atoms with Gasteiger partial charge in [0.05, 0.1) is 17.8 Å². The number of oxazole rings is 1. The van der Waals surface area contributed by atoms with E-state index in [2.05, 4.69) is 51.7 Å². The van der Waals surface area contributed by atoms with Gasteiger partial charge in [0.25, 0.3) is 0 Å². The number of fused-ring (bicyclic) bond motifs is 3. The average Bonchev–Trinajstić information content (AvgIpc) is 3.28. The zero-order valence-corrected chi connectivity index (χ0v) is 16.0. The van der Waals surface area contributed by atoms with Crippen LogP contribution in [0.3, 0.4) is 0 Å². The van der Waals surface area contributed by atoms with E-state index in [-0.39, 0.29) is 5.41 Å². The molecular weight excluding hydrogens is 334 g/mol. The molecule has 138 valence electrons. The van der Waals surface area contributed by atoms with Crippen molar-refractivity contribution in [3.8, 4) is 0 Å². The summed E-state index contributed by atoms with van der Waals surface area (Å²) in [7, 11) is 0. The van der Waals surface area contributed by atoms with E-state index in [1.165, 1.54) is 42.5 Å². The van der Waals surface area contributed by atoms with E-state index in [9.17, 15) is 0 Å². The fourth-order valence-electron chi connectivity index (χ4n) is 5.91. The molecule has 2 atom stereocenters. The van der Waals surface area contributed by atoms with Crippen LogP contribution in [0.5, 0.6) is 0 Å². The number of rotatable bonds is 2. The number of para-hydroxylation sites is 1. The molecule has 0 bridgehead atoms. The highest BCUT2D eigenvalue weighted by atomic mass is 16.4. The van der Waals surface area contributed by atoms with Crippen LogP contribution in [-0.2, 0) is 6.42 Å². The Morgan fingerprint density at radius 1 is 1.26 bits per heavy atom. The second-order valence-electron chi connectivity index (χ2n) is 8.40. The Morgan fingerprint density at radius 2 is 2.15 bits per heavy atom. The monoisotopic (exact) mass is 359 g/mol. The highest BCUT2D eigenvalue weighted by Gasteiger charge is 2.50. The van der Waals surface area contributed by atoms with Gasteiger partial charge in [-0.15, -0.1) is 0 Å². The summed E-state index contributed by atoms with van der Waals surface area (Å²) < 4.78 is 8.50. The first-order chi connectivity index (χ1) is 13.2. The maximum atomic E-state index is 6.04. The molecule has 0 aliphatic carbocycles. The lowest BCUT2D eigenvalue weighted by Crippen LogP contribution is -2.50. The number of benzene rings is 1. The van der Waals surface area contributed by atoms with Crippen molar-refractivity contribution < 1.29 is 4.42 Å². The first-order valence-corrected chi connectivity index (χ1v) is 10.2. The first kappa shape index (κ1) is 15.7. The molecule has 1 fully saturated rings. The predicted octanol–water partition coefficient (Wildman–Crippen LogP) is 4.93. The molecule has 27 heavy (non-hydrogen) atoms. The van der Waals surface area contributed by atoms with Crippen molar-refractivity contribution >= 4 is 16.6 Å². The van der Waals surface area contributed by atoms with Crippen molar-refractivity contribution in [3.05, 3.63) is 59.4 Å². The number of hydrogen-bond acceptors (Lipinski definition) is 3. The quantitative estimate of drug-likeness (QED) is 0.651. The number of hydrogen-bond donors (Lipinski definition) is 0. The summed E-state index contributed by atoms with van der Waals surface area (Å²) in [5.41, 5.74) is 5.65. The van der Waals surface area contributed by atoms with Crippen LogP contribution in [0.2, 0.25) is 0 Å². The van der Waals surface area contributed by atoms with Crippen LogP contribution >= 0.6 is 0 Å². The highest BCUT2D eigenvalue weighted by Crippen LogP contribution is 2.57. The molecule has 0 amide bonds. The van der Waals surface area contributed by atoms with E-state index in [0.29, 0.717) is 6.04 Å². The maximum absolute atomic E-state index is 6.04. The fourth-order valence-corrected chi connectivity index (χ4v) is 5.91. The predicted molar refractivity (Wildman–Crippen MR) is 107 cm³/mol. The molecule has 2 aromatic heterocycles. The van der Waals surface area contributed by atoms with Crippen LogP contribution in [0, 0.1) is 12.3 Å². The zero-order valence-electron chi connectivity index (χ0n) is 16.0. The van der Waals surface area contributed by atoms with Gasteiger partial charge in [0, 0.05) is 23.0 Å². The SMILES string of the molecule is CC[C@@]12C=C(c3ncc(C)o3)n3c4c(c5ccccc53)CCN(CCC1)[C@@H]42. The van der Waals surface area contributed by atoms with Crippen LogP contribution < -0.4 is 0 Å². The van der Waals surface area contributed by atoms with Crippen LogP contribution in [0.1, 0.15) is 55.1 Å². The minimum atomic E-state index is 0.176. The summed E-state index contributed by atoms with van der Waals surface area (Å²) in [6.07, 6.45) is 9.15. The Labute approximate surface area is 159 Å². The smallest absolute Gasteiger partial charge is 0.243 e. The van der Waals surface area contributed by atoms with Gasteiger partial charge in [0.15, 0.2) is 0 Å². The van der Waals surface area contributed by atoms with E-state index in [1.807, 2.05) is 13.1 Å². The summed E-state index contributed by atoms with van der Waals surface area (Å²) >= 11 is 0. The molecule has 3 aliphatic heterocycles. The lowest BCUT2D eigenvalue weighted by Gasteiger charge is -2.53. The van der Waals surface area contributed by atoms with Gasteiger partial charge < -0.3 is 8.98 Å². The molecule has 0 saturated carbocycles. The number of aryl methyl sites for hydroxylation is 1. The van der Waals surface area contributed by atoms with Crippen molar-refractivity contribution in [2.75, 3.05) is 13.1 Å². The molecule has 1 saturated heterocycles. The molecule has 3 aromatic rings. The van der Waals surface area contributed by atoms with Gasteiger partial charge in [0.2, 0.25) is 5.89 Å². The molecule has 5 heterocycles. The number of piperidine rings is 1. The third-order valence-corrected chi connectivity index (χ3v) is 7.09. The van der Waals surface area contributed by atoms with Crippen molar-refractivity contribution in [1.82, 2.24) is 14.5 Å². The molecule has 0 N–H and O–H groups in total. The van der Waals surface area contributed by atoms with Gasteiger partial charge in [-0.3, -0.25) is 4.90 Å². The van der Waals surface area contributed by atoms with Crippen molar-refractivity contribution in [1.29, 1.82) is 0 Å². The molecule has 3 aliphatic rings. The lowest BCUT2D eigenvalue weighted by atomic mass is 9.66. The van der Waals surface area contributed by atoms with Crippen LogP contribution in [-0.4, -0.2) is 27.5 Å². The van der Waals surface area contributed by atoms with Gasteiger partial charge in [0.1, 0.15) is 11.5 Å². The standard InChI is InChI=1S/C23H25N3O/c1-3-23-10-6-11-25-12-9-17-16-7-4-5-8-18(16)26(20(17)21(23)25)19(13-23)22-24-14-15(2)27-22/h4-5,7-8,13-14,21H,3,6,9-12H2,1-2H3/t21-,23-/m0/s1.